The third kappa shape index (κ3) is 1.86. The second kappa shape index (κ2) is 4.62. The Labute approximate surface area is 125 Å². The van der Waals surface area contributed by atoms with E-state index in [-0.39, 0.29) is 29.0 Å². The van der Waals surface area contributed by atoms with Crippen LogP contribution in [0.2, 0.25) is 0 Å². The molecule has 2 amide bonds. The van der Waals surface area contributed by atoms with Crippen molar-refractivity contribution < 1.29 is 27.6 Å². The van der Waals surface area contributed by atoms with Gasteiger partial charge in [-0.15, -0.1) is 0 Å². The zero-order valence-corrected chi connectivity index (χ0v) is 12.1. The van der Waals surface area contributed by atoms with Crippen LogP contribution in [0.5, 0.6) is 0 Å². The van der Waals surface area contributed by atoms with Gasteiger partial charge in [-0.25, -0.2) is 18.4 Å². The number of rotatable bonds is 3. The molecule has 0 spiro atoms. The maximum Gasteiger partial charge on any atom is 0.355 e. The first-order chi connectivity index (χ1) is 10.3. The molecule has 1 fully saturated rings. The van der Waals surface area contributed by atoms with E-state index in [0.717, 1.165) is 0 Å². The Balaban J connectivity index is 1.88. The number of benzene rings is 1. The van der Waals surface area contributed by atoms with Gasteiger partial charge < -0.3 is 4.84 Å². The number of carbonyl (C=O) groups is 3. The summed E-state index contributed by atoms with van der Waals surface area (Å²) >= 11 is 0. The van der Waals surface area contributed by atoms with E-state index in [2.05, 4.69) is 0 Å². The summed E-state index contributed by atoms with van der Waals surface area (Å²) in [5.74, 6) is -2.81. The van der Waals surface area contributed by atoms with Gasteiger partial charge in [0.15, 0.2) is 4.75 Å². The van der Waals surface area contributed by atoms with Gasteiger partial charge in [-0.1, -0.05) is 17.2 Å². The van der Waals surface area contributed by atoms with Crippen molar-refractivity contribution in [3.05, 3.63) is 35.4 Å². The van der Waals surface area contributed by atoms with Crippen molar-refractivity contribution in [2.24, 2.45) is 5.14 Å². The highest BCUT2D eigenvalue weighted by Gasteiger charge is 2.57. The molecular weight excluding hydrogens is 312 g/mol. The fourth-order valence-electron chi connectivity index (χ4n) is 2.52. The van der Waals surface area contributed by atoms with Crippen LogP contribution in [0.25, 0.3) is 0 Å². The highest BCUT2D eigenvalue weighted by molar-refractivity contribution is 7.91. The minimum Gasteiger partial charge on any atom is -0.328 e. The largest absolute Gasteiger partial charge is 0.355 e. The lowest BCUT2D eigenvalue weighted by molar-refractivity contribution is -0.174. The van der Waals surface area contributed by atoms with Gasteiger partial charge in [0.25, 0.3) is 11.8 Å². The average Bonchev–Trinajstić information content (AvgIpc) is 2.61. The molecule has 0 unspecified atom stereocenters. The fourth-order valence-corrected chi connectivity index (χ4v) is 3.65. The summed E-state index contributed by atoms with van der Waals surface area (Å²) in [4.78, 5) is 41.1. The van der Waals surface area contributed by atoms with Crippen molar-refractivity contribution in [1.82, 2.24) is 5.06 Å². The molecule has 1 saturated carbocycles. The highest BCUT2D eigenvalue weighted by atomic mass is 32.2. The lowest BCUT2D eigenvalue weighted by Crippen LogP contribution is -2.57. The van der Waals surface area contributed by atoms with Crippen molar-refractivity contribution in [3.8, 4) is 0 Å². The van der Waals surface area contributed by atoms with Gasteiger partial charge in [0.05, 0.1) is 11.1 Å². The van der Waals surface area contributed by atoms with Crippen molar-refractivity contribution >= 4 is 27.8 Å². The molecule has 0 saturated heterocycles. The standard InChI is InChI=1S/C13H12N2O6S/c14-22(19,20)13(6-3-7-13)12(18)21-15-10(16)8-4-1-2-5-9(8)11(15)17/h1-2,4-5H,3,6-7H2,(H2,14,19,20). The first-order valence-corrected chi connectivity index (χ1v) is 8.05. The molecule has 0 bridgehead atoms. The van der Waals surface area contributed by atoms with Crippen LogP contribution in [0.4, 0.5) is 0 Å². The first kappa shape index (κ1) is 14.7. The molecule has 1 aromatic carbocycles. The van der Waals surface area contributed by atoms with Crippen LogP contribution in [0.1, 0.15) is 40.0 Å². The van der Waals surface area contributed by atoms with Crippen molar-refractivity contribution in [2.75, 3.05) is 0 Å². The minimum atomic E-state index is -4.19. The van der Waals surface area contributed by atoms with E-state index >= 15 is 0 Å². The van der Waals surface area contributed by atoms with E-state index in [0.29, 0.717) is 6.42 Å². The van der Waals surface area contributed by atoms with Gasteiger partial charge in [-0.2, -0.15) is 0 Å². The number of nitrogens with zero attached hydrogens (tertiary/aromatic N) is 1. The third-order valence-corrected chi connectivity index (χ3v) is 5.67. The van der Waals surface area contributed by atoms with Crippen molar-refractivity contribution in [3.63, 3.8) is 0 Å². The normalized spacial score (nSPS) is 19.6. The van der Waals surface area contributed by atoms with Gasteiger partial charge in [0, 0.05) is 0 Å². The van der Waals surface area contributed by atoms with Crippen molar-refractivity contribution in [2.45, 2.75) is 24.0 Å². The Morgan fingerprint density at radius 1 is 1.14 bits per heavy atom. The Kier molecular flexibility index (Phi) is 3.08. The maximum atomic E-state index is 12.2. The number of amides is 2. The molecule has 1 aromatic rings. The second-order valence-electron chi connectivity index (χ2n) is 5.22. The van der Waals surface area contributed by atoms with Crippen LogP contribution in [-0.2, 0) is 19.7 Å². The molecule has 2 N–H and O–H groups in total. The van der Waals surface area contributed by atoms with Crippen LogP contribution >= 0.6 is 0 Å². The molecule has 0 radical (unpaired) electrons. The number of fused-ring (bicyclic) bond motifs is 1. The summed E-state index contributed by atoms with van der Waals surface area (Å²) in [5.41, 5.74) is 0.192. The van der Waals surface area contributed by atoms with Crippen LogP contribution in [-0.4, -0.2) is 36.0 Å². The predicted molar refractivity (Wildman–Crippen MR) is 72.7 cm³/mol. The van der Waals surface area contributed by atoms with E-state index in [1.165, 1.54) is 12.1 Å². The number of sulfonamides is 1. The maximum absolute atomic E-state index is 12.2. The van der Waals surface area contributed by atoms with Crippen LogP contribution in [0.3, 0.4) is 0 Å². The summed E-state index contributed by atoms with van der Waals surface area (Å²) < 4.78 is 21.4. The van der Waals surface area contributed by atoms with E-state index < -0.39 is 32.6 Å². The zero-order valence-electron chi connectivity index (χ0n) is 11.3. The van der Waals surface area contributed by atoms with Gasteiger partial charge in [-0.05, 0) is 31.4 Å². The molecule has 3 rings (SSSR count). The molecule has 1 aliphatic carbocycles. The molecule has 0 atom stereocenters. The highest BCUT2D eigenvalue weighted by Crippen LogP contribution is 2.39. The molecular formula is C13H12N2O6S. The number of carbonyl (C=O) groups excluding carboxylic acids is 3. The molecule has 9 heteroatoms. The summed E-state index contributed by atoms with van der Waals surface area (Å²) in [5, 5.41) is 5.38. The van der Waals surface area contributed by atoms with E-state index in [1.807, 2.05) is 0 Å². The Morgan fingerprint density at radius 2 is 1.64 bits per heavy atom. The lowest BCUT2D eigenvalue weighted by atomic mass is 9.84. The molecule has 22 heavy (non-hydrogen) atoms. The zero-order chi connectivity index (χ0) is 16.1. The number of imide groups is 1. The van der Waals surface area contributed by atoms with Gasteiger partial charge in [-0.3, -0.25) is 9.59 Å². The minimum absolute atomic E-state index is 0.00777. The Morgan fingerprint density at radius 3 is 2.00 bits per heavy atom. The molecule has 1 aliphatic heterocycles. The smallest absolute Gasteiger partial charge is 0.328 e. The van der Waals surface area contributed by atoms with Crippen molar-refractivity contribution in [1.29, 1.82) is 0 Å². The topological polar surface area (TPSA) is 124 Å². The summed E-state index contributed by atoms with van der Waals surface area (Å²) in [6, 6.07) is 5.96. The third-order valence-electron chi connectivity index (χ3n) is 4.01. The Hall–Kier alpha value is -2.26. The van der Waals surface area contributed by atoms with E-state index in [9.17, 15) is 22.8 Å². The van der Waals surface area contributed by atoms with Crippen LogP contribution in [0.15, 0.2) is 24.3 Å². The molecule has 8 nitrogen and oxygen atoms in total. The number of nitrogens with two attached hydrogens (primary N) is 1. The fraction of sp³-hybridized carbons (Fsp3) is 0.308. The molecule has 116 valence electrons. The van der Waals surface area contributed by atoms with Gasteiger partial charge >= 0.3 is 5.97 Å². The number of hydrogen-bond acceptors (Lipinski definition) is 6. The number of primary sulfonamides is 1. The van der Waals surface area contributed by atoms with Gasteiger partial charge in [0.2, 0.25) is 10.0 Å². The lowest BCUT2D eigenvalue weighted by Gasteiger charge is -2.36. The summed E-state index contributed by atoms with van der Waals surface area (Å²) in [6.07, 6.45) is 0.509. The molecule has 2 aliphatic rings. The van der Waals surface area contributed by atoms with E-state index in [1.54, 1.807) is 12.1 Å². The van der Waals surface area contributed by atoms with Crippen LogP contribution < -0.4 is 5.14 Å². The SMILES string of the molecule is NS(=O)(=O)C1(C(=O)ON2C(=O)c3ccccc3C2=O)CCC1. The number of hydroxylamine groups is 2. The number of hydrogen-bond donors (Lipinski definition) is 1. The summed E-state index contributed by atoms with van der Waals surface area (Å²) in [6.45, 7) is 0. The molecule has 0 aromatic heterocycles. The molecule has 1 heterocycles. The van der Waals surface area contributed by atoms with E-state index in [4.69, 9.17) is 9.98 Å². The van der Waals surface area contributed by atoms with Gasteiger partial charge in [0.1, 0.15) is 0 Å². The first-order valence-electron chi connectivity index (χ1n) is 6.50. The monoisotopic (exact) mass is 324 g/mol. The Bertz CT molecular complexity index is 762. The van der Waals surface area contributed by atoms with Crippen LogP contribution in [0, 0.1) is 0 Å². The average molecular weight is 324 g/mol. The summed E-state index contributed by atoms with van der Waals surface area (Å²) in [7, 11) is -4.19. The quantitative estimate of drug-likeness (QED) is 0.778. The predicted octanol–water partition coefficient (Wildman–Crippen LogP) is -0.0480. The second-order valence-corrected chi connectivity index (χ2v) is 7.09.